The van der Waals surface area contributed by atoms with Crippen LogP contribution in [0.4, 0.5) is 11.4 Å². The minimum Gasteiger partial charge on any atom is -0.495 e. The van der Waals surface area contributed by atoms with Crippen LogP contribution in [0, 0.1) is 13.8 Å². The molecular formula is C16H17ClN2OS. The smallest absolute Gasteiger partial charge is 0.143 e. The number of benzene rings is 2. The van der Waals surface area contributed by atoms with Crippen LogP contribution in [0.15, 0.2) is 30.3 Å². The lowest BCUT2D eigenvalue weighted by atomic mass is 10.1. The number of methoxy groups -OCH3 is 1. The maximum atomic E-state index is 6.13. The molecule has 5 heteroatoms. The van der Waals surface area contributed by atoms with Crippen LogP contribution in [0.3, 0.4) is 0 Å². The van der Waals surface area contributed by atoms with Crippen molar-refractivity contribution in [1.82, 2.24) is 0 Å². The van der Waals surface area contributed by atoms with Gasteiger partial charge in [0, 0.05) is 16.7 Å². The minimum absolute atomic E-state index is 0.353. The van der Waals surface area contributed by atoms with Crippen LogP contribution >= 0.6 is 23.8 Å². The molecule has 3 nitrogen and oxygen atoms in total. The highest BCUT2D eigenvalue weighted by molar-refractivity contribution is 7.80. The van der Waals surface area contributed by atoms with Crippen molar-refractivity contribution in [3.05, 3.63) is 52.0 Å². The Morgan fingerprint density at radius 2 is 1.95 bits per heavy atom. The van der Waals surface area contributed by atoms with Crippen LogP contribution in [-0.2, 0) is 0 Å². The SMILES string of the molecule is COc1cc(Cl)c(C)cc1Nc1c(C)cccc1C(N)=S. The zero-order valence-corrected chi connectivity index (χ0v) is 13.7. The van der Waals surface area contributed by atoms with Gasteiger partial charge in [-0.1, -0.05) is 36.0 Å². The predicted octanol–water partition coefficient (Wildman–Crippen LogP) is 4.34. The number of anilines is 2. The Labute approximate surface area is 135 Å². The van der Waals surface area contributed by atoms with Gasteiger partial charge in [-0.3, -0.25) is 0 Å². The number of thiocarbonyl (C=S) groups is 1. The summed E-state index contributed by atoms with van der Waals surface area (Å²) in [4.78, 5) is 0.353. The van der Waals surface area contributed by atoms with E-state index in [0.717, 1.165) is 28.1 Å². The standard InChI is InChI=1S/C16H17ClN2OS/c1-9-5-4-6-11(16(18)21)15(9)19-13-7-10(2)12(17)8-14(13)20-3/h4-8,19H,1-3H3,(H2,18,21). The Morgan fingerprint density at radius 1 is 1.24 bits per heavy atom. The van der Waals surface area contributed by atoms with Crippen LogP contribution in [0.1, 0.15) is 16.7 Å². The fraction of sp³-hybridized carbons (Fsp3) is 0.188. The summed E-state index contributed by atoms with van der Waals surface area (Å²) in [5.41, 5.74) is 10.3. The first-order valence-electron chi connectivity index (χ1n) is 6.44. The molecule has 0 radical (unpaired) electrons. The van der Waals surface area contributed by atoms with Gasteiger partial charge in [-0.25, -0.2) is 0 Å². The maximum Gasteiger partial charge on any atom is 0.143 e. The third kappa shape index (κ3) is 3.28. The van der Waals surface area contributed by atoms with E-state index in [1.807, 2.05) is 38.1 Å². The lowest BCUT2D eigenvalue weighted by molar-refractivity contribution is 0.417. The number of ether oxygens (including phenoxy) is 1. The molecule has 0 aromatic heterocycles. The lowest BCUT2D eigenvalue weighted by Gasteiger charge is -2.17. The van der Waals surface area contributed by atoms with Gasteiger partial charge in [0.05, 0.1) is 18.5 Å². The number of halogens is 1. The Hall–Kier alpha value is -1.78. The molecule has 2 rings (SSSR count). The van der Waals surface area contributed by atoms with Crippen LogP contribution in [-0.4, -0.2) is 12.1 Å². The first kappa shape index (κ1) is 15.6. The van der Waals surface area contributed by atoms with Crippen LogP contribution in [0.2, 0.25) is 5.02 Å². The number of nitrogens with one attached hydrogen (secondary N) is 1. The van der Waals surface area contributed by atoms with E-state index in [4.69, 9.17) is 34.3 Å². The van der Waals surface area contributed by atoms with E-state index in [2.05, 4.69) is 5.32 Å². The van der Waals surface area contributed by atoms with Crippen LogP contribution < -0.4 is 15.8 Å². The van der Waals surface area contributed by atoms with Crippen molar-refractivity contribution in [3.63, 3.8) is 0 Å². The maximum absolute atomic E-state index is 6.13. The highest BCUT2D eigenvalue weighted by atomic mass is 35.5. The zero-order chi connectivity index (χ0) is 15.6. The van der Waals surface area contributed by atoms with Crippen molar-refractivity contribution < 1.29 is 4.74 Å². The highest BCUT2D eigenvalue weighted by Gasteiger charge is 2.12. The molecule has 0 aliphatic heterocycles. The van der Waals surface area contributed by atoms with E-state index in [1.165, 1.54) is 0 Å². The Kier molecular flexibility index (Phi) is 4.70. The first-order valence-corrected chi connectivity index (χ1v) is 7.23. The van der Waals surface area contributed by atoms with E-state index in [-0.39, 0.29) is 0 Å². The third-order valence-electron chi connectivity index (χ3n) is 3.28. The minimum atomic E-state index is 0.353. The van der Waals surface area contributed by atoms with Gasteiger partial charge >= 0.3 is 0 Å². The molecule has 0 bridgehead atoms. The molecule has 0 atom stereocenters. The summed E-state index contributed by atoms with van der Waals surface area (Å²) in [7, 11) is 1.61. The van der Waals surface area contributed by atoms with E-state index < -0.39 is 0 Å². The zero-order valence-electron chi connectivity index (χ0n) is 12.2. The molecule has 110 valence electrons. The van der Waals surface area contributed by atoms with Crippen molar-refractivity contribution in [1.29, 1.82) is 0 Å². The number of para-hydroxylation sites is 1. The summed E-state index contributed by atoms with van der Waals surface area (Å²) in [5.74, 6) is 0.669. The van der Waals surface area contributed by atoms with Gasteiger partial charge in [-0.2, -0.15) is 0 Å². The molecular weight excluding hydrogens is 304 g/mol. The van der Waals surface area contributed by atoms with Crippen molar-refractivity contribution in [2.75, 3.05) is 12.4 Å². The summed E-state index contributed by atoms with van der Waals surface area (Å²) >= 11 is 11.3. The average molecular weight is 321 g/mol. The number of rotatable bonds is 4. The topological polar surface area (TPSA) is 47.3 Å². The molecule has 0 spiro atoms. The summed E-state index contributed by atoms with van der Waals surface area (Å²) in [5, 5.41) is 4.02. The largest absolute Gasteiger partial charge is 0.495 e. The fourth-order valence-electron chi connectivity index (χ4n) is 2.10. The van der Waals surface area contributed by atoms with Crippen molar-refractivity contribution in [3.8, 4) is 5.75 Å². The number of hydrogen-bond donors (Lipinski definition) is 2. The van der Waals surface area contributed by atoms with Crippen molar-refractivity contribution in [2.45, 2.75) is 13.8 Å². The van der Waals surface area contributed by atoms with E-state index in [0.29, 0.717) is 15.8 Å². The molecule has 2 aromatic carbocycles. The second-order valence-corrected chi connectivity index (χ2v) is 5.64. The van der Waals surface area contributed by atoms with Gasteiger partial charge < -0.3 is 15.8 Å². The summed E-state index contributed by atoms with van der Waals surface area (Å²) < 4.78 is 5.38. The number of aryl methyl sites for hydroxylation is 2. The van der Waals surface area contributed by atoms with Gasteiger partial charge in [0.25, 0.3) is 0 Å². The third-order valence-corrected chi connectivity index (χ3v) is 3.91. The molecule has 2 aromatic rings. The second kappa shape index (κ2) is 6.33. The van der Waals surface area contributed by atoms with Gasteiger partial charge in [0.1, 0.15) is 10.7 Å². The molecule has 0 aliphatic rings. The quantitative estimate of drug-likeness (QED) is 0.822. The molecule has 0 saturated heterocycles. The molecule has 0 fully saturated rings. The first-order chi connectivity index (χ1) is 9.93. The molecule has 3 N–H and O–H groups in total. The van der Waals surface area contributed by atoms with Gasteiger partial charge in [0.2, 0.25) is 0 Å². The van der Waals surface area contributed by atoms with E-state index in [9.17, 15) is 0 Å². The van der Waals surface area contributed by atoms with Crippen LogP contribution in [0.25, 0.3) is 0 Å². The predicted molar refractivity (Wildman–Crippen MR) is 93.1 cm³/mol. The van der Waals surface area contributed by atoms with Crippen LogP contribution in [0.5, 0.6) is 5.75 Å². The Balaban J connectivity index is 2.53. The van der Waals surface area contributed by atoms with Gasteiger partial charge in [0.15, 0.2) is 0 Å². The second-order valence-electron chi connectivity index (χ2n) is 4.79. The van der Waals surface area contributed by atoms with E-state index >= 15 is 0 Å². The van der Waals surface area contributed by atoms with Crippen molar-refractivity contribution >= 4 is 40.2 Å². The molecule has 0 heterocycles. The average Bonchev–Trinajstić information content (AvgIpc) is 2.44. The highest BCUT2D eigenvalue weighted by Crippen LogP contribution is 2.34. The van der Waals surface area contributed by atoms with Crippen molar-refractivity contribution in [2.24, 2.45) is 5.73 Å². The van der Waals surface area contributed by atoms with E-state index in [1.54, 1.807) is 13.2 Å². The molecule has 0 saturated carbocycles. The monoisotopic (exact) mass is 320 g/mol. The number of nitrogens with two attached hydrogens (primary N) is 1. The number of hydrogen-bond acceptors (Lipinski definition) is 3. The Bertz CT molecular complexity index is 701. The summed E-state index contributed by atoms with van der Waals surface area (Å²) in [6, 6.07) is 9.56. The Morgan fingerprint density at radius 3 is 2.57 bits per heavy atom. The summed E-state index contributed by atoms with van der Waals surface area (Å²) in [6.07, 6.45) is 0. The molecule has 0 amide bonds. The molecule has 0 aliphatic carbocycles. The lowest BCUT2D eigenvalue weighted by Crippen LogP contribution is -2.13. The molecule has 0 unspecified atom stereocenters. The van der Waals surface area contributed by atoms with Gasteiger partial charge in [-0.05, 0) is 37.1 Å². The normalized spacial score (nSPS) is 10.3. The fourth-order valence-corrected chi connectivity index (χ4v) is 2.43. The molecule has 21 heavy (non-hydrogen) atoms. The summed E-state index contributed by atoms with van der Waals surface area (Å²) in [6.45, 7) is 3.94. The van der Waals surface area contributed by atoms with Gasteiger partial charge in [-0.15, -0.1) is 0 Å².